The molecule has 1 aromatic carbocycles. The van der Waals surface area contributed by atoms with E-state index in [9.17, 15) is 4.79 Å². The van der Waals surface area contributed by atoms with Crippen LogP contribution in [0.2, 0.25) is 0 Å². The first-order valence-electron chi connectivity index (χ1n) is 8.80. The Kier molecular flexibility index (Phi) is 9.37. The lowest BCUT2D eigenvalue weighted by Crippen LogP contribution is -2.34. The second kappa shape index (κ2) is 11.1. The standard InChI is InChI=1S/C19H32N2O2/c1-5-11-21(12-6-2)15-19(22)20-17-8-7-9-18(14-17)23-13-10-16(3)4/h7-9,14,16H,5-6,10-13,15H2,1-4H3,(H,20,22). The number of anilines is 1. The summed E-state index contributed by atoms with van der Waals surface area (Å²) in [6.07, 6.45) is 3.15. The fraction of sp³-hybridized carbons (Fsp3) is 0.632. The molecule has 0 spiro atoms. The number of benzene rings is 1. The minimum atomic E-state index is 0.0335. The maximum Gasteiger partial charge on any atom is 0.238 e. The molecule has 0 aromatic heterocycles. The lowest BCUT2D eigenvalue weighted by Gasteiger charge is -2.20. The normalized spacial score (nSPS) is 11.0. The van der Waals surface area contributed by atoms with Crippen molar-refractivity contribution >= 4 is 11.6 Å². The quantitative estimate of drug-likeness (QED) is 0.665. The number of nitrogens with one attached hydrogen (secondary N) is 1. The molecule has 0 atom stereocenters. The van der Waals surface area contributed by atoms with E-state index in [-0.39, 0.29) is 5.91 Å². The summed E-state index contributed by atoms with van der Waals surface area (Å²) in [7, 11) is 0. The third-order valence-corrected chi connectivity index (χ3v) is 3.53. The summed E-state index contributed by atoms with van der Waals surface area (Å²) in [5, 5.41) is 2.97. The van der Waals surface area contributed by atoms with Gasteiger partial charge in [-0.1, -0.05) is 33.8 Å². The Morgan fingerprint density at radius 2 is 1.91 bits per heavy atom. The van der Waals surface area contributed by atoms with E-state index in [4.69, 9.17) is 4.74 Å². The third-order valence-electron chi connectivity index (χ3n) is 3.53. The van der Waals surface area contributed by atoms with Crippen LogP contribution in [0, 0.1) is 5.92 Å². The molecule has 23 heavy (non-hydrogen) atoms. The molecule has 0 bridgehead atoms. The second-order valence-electron chi connectivity index (χ2n) is 6.38. The summed E-state index contributed by atoms with van der Waals surface area (Å²) in [5.74, 6) is 1.47. The van der Waals surface area contributed by atoms with E-state index >= 15 is 0 Å². The van der Waals surface area contributed by atoms with Gasteiger partial charge < -0.3 is 10.1 Å². The van der Waals surface area contributed by atoms with Gasteiger partial charge in [-0.05, 0) is 50.4 Å². The van der Waals surface area contributed by atoms with Crippen molar-refractivity contribution in [2.75, 3.05) is 31.6 Å². The first kappa shape index (κ1) is 19.5. The van der Waals surface area contributed by atoms with Crippen LogP contribution < -0.4 is 10.1 Å². The Hall–Kier alpha value is -1.55. The van der Waals surface area contributed by atoms with Gasteiger partial charge in [-0.25, -0.2) is 0 Å². The average Bonchev–Trinajstić information content (AvgIpc) is 2.47. The van der Waals surface area contributed by atoms with Crippen molar-refractivity contribution in [1.82, 2.24) is 4.90 Å². The highest BCUT2D eigenvalue weighted by Gasteiger charge is 2.09. The summed E-state index contributed by atoms with van der Waals surface area (Å²) < 4.78 is 5.74. The molecule has 130 valence electrons. The van der Waals surface area contributed by atoms with Crippen molar-refractivity contribution in [3.05, 3.63) is 24.3 Å². The molecular formula is C19H32N2O2. The molecule has 1 amide bonds. The van der Waals surface area contributed by atoms with Crippen molar-refractivity contribution in [2.24, 2.45) is 5.92 Å². The zero-order valence-corrected chi connectivity index (χ0v) is 15.1. The van der Waals surface area contributed by atoms with Crippen LogP contribution in [-0.2, 0) is 4.79 Å². The fourth-order valence-corrected chi connectivity index (χ4v) is 2.38. The van der Waals surface area contributed by atoms with Gasteiger partial charge in [-0.15, -0.1) is 0 Å². The highest BCUT2D eigenvalue weighted by atomic mass is 16.5. The van der Waals surface area contributed by atoms with E-state index in [1.54, 1.807) is 0 Å². The highest BCUT2D eigenvalue weighted by Crippen LogP contribution is 2.18. The molecule has 0 radical (unpaired) electrons. The average molecular weight is 320 g/mol. The van der Waals surface area contributed by atoms with Crippen molar-refractivity contribution in [2.45, 2.75) is 47.0 Å². The third kappa shape index (κ3) is 8.60. The molecule has 0 saturated carbocycles. The number of hydrogen-bond acceptors (Lipinski definition) is 3. The number of carbonyl (C=O) groups excluding carboxylic acids is 1. The molecular weight excluding hydrogens is 288 g/mol. The zero-order chi connectivity index (χ0) is 17.1. The van der Waals surface area contributed by atoms with E-state index in [0.29, 0.717) is 19.1 Å². The van der Waals surface area contributed by atoms with Gasteiger partial charge in [-0.2, -0.15) is 0 Å². The van der Waals surface area contributed by atoms with Crippen molar-refractivity contribution in [3.8, 4) is 5.75 Å². The minimum Gasteiger partial charge on any atom is -0.494 e. The molecule has 0 heterocycles. The van der Waals surface area contributed by atoms with Crippen LogP contribution in [0.3, 0.4) is 0 Å². The van der Waals surface area contributed by atoms with Crippen molar-refractivity contribution < 1.29 is 9.53 Å². The van der Waals surface area contributed by atoms with Gasteiger partial charge in [0, 0.05) is 11.8 Å². The van der Waals surface area contributed by atoms with Gasteiger partial charge in [0.05, 0.1) is 13.2 Å². The topological polar surface area (TPSA) is 41.6 Å². The Balaban J connectivity index is 2.50. The zero-order valence-electron chi connectivity index (χ0n) is 15.1. The van der Waals surface area contributed by atoms with Crippen LogP contribution >= 0.6 is 0 Å². The highest BCUT2D eigenvalue weighted by molar-refractivity contribution is 5.92. The molecule has 4 nitrogen and oxygen atoms in total. The molecule has 0 saturated heterocycles. The Labute approximate surface area is 141 Å². The predicted molar refractivity (Wildman–Crippen MR) is 97.0 cm³/mol. The van der Waals surface area contributed by atoms with Crippen molar-refractivity contribution in [3.63, 3.8) is 0 Å². The fourth-order valence-electron chi connectivity index (χ4n) is 2.38. The van der Waals surface area contributed by atoms with Gasteiger partial charge in [0.15, 0.2) is 0 Å². The summed E-state index contributed by atoms with van der Waals surface area (Å²) >= 11 is 0. The number of rotatable bonds is 11. The van der Waals surface area contributed by atoms with Crippen LogP contribution in [-0.4, -0.2) is 37.0 Å². The number of carbonyl (C=O) groups is 1. The molecule has 0 fully saturated rings. The Morgan fingerprint density at radius 3 is 2.52 bits per heavy atom. The van der Waals surface area contributed by atoms with Crippen LogP contribution in [0.15, 0.2) is 24.3 Å². The van der Waals surface area contributed by atoms with E-state index in [0.717, 1.165) is 43.8 Å². The maximum atomic E-state index is 12.2. The molecule has 4 heteroatoms. The summed E-state index contributed by atoms with van der Waals surface area (Å²) in [4.78, 5) is 14.4. The van der Waals surface area contributed by atoms with Gasteiger partial charge in [0.1, 0.15) is 5.75 Å². The predicted octanol–water partition coefficient (Wildman–Crippen LogP) is 4.17. The second-order valence-corrected chi connectivity index (χ2v) is 6.38. The first-order chi connectivity index (χ1) is 11.0. The van der Waals surface area contributed by atoms with E-state index in [1.807, 2.05) is 24.3 Å². The van der Waals surface area contributed by atoms with Crippen LogP contribution in [0.25, 0.3) is 0 Å². The van der Waals surface area contributed by atoms with Crippen LogP contribution in [0.5, 0.6) is 5.75 Å². The Bertz CT molecular complexity index is 454. The number of amides is 1. The lowest BCUT2D eigenvalue weighted by molar-refractivity contribution is -0.117. The van der Waals surface area contributed by atoms with E-state index in [1.165, 1.54) is 0 Å². The van der Waals surface area contributed by atoms with E-state index < -0.39 is 0 Å². The molecule has 1 N–H and O–H groups in total. The molecule has 0 aliphatic carbocycles. The van der Waals surface area contributed by atoms with E-state index in [2.05, 4.69) is 37.9 Å². The van der Waals surface area contributed by atoms with Crippen LogP contribution in [0.4, 0.5) is 5.69 Å². The number of hydrogen-bond donors (Lipinski definition) is 1. The minimum absolute atomic E-state index is 0.0335. The molecule has 0 aliphatic rings. The van der Waals surface area contributed by atoms with Gasteiger partial charge in [-0.3, -0.25) is 9.69 Å². The number of ether oxygens (including phenoxy) is 1. The number of nitrogens with zero attached hydrogens (tertiary/aromatic N) is 1. The maximum absolute atomic E-state index is 12.2. The monoisotopic (exact) mass is 320 g/mol. The van der Waals surface area contributed by atoms with Gasteiger partial charge in [0.25, 0.3) is 0 Å². The summed E-state index contributed by atoms with van der Waals surface area (Å²) in [6, 6.07) is 7.63. The van der Waals surface area contributed by atoms with Crippen molar-refractivity contribution in [1.29, 1.82) is 0 Å². The SMILES string of the molecule is CCCN(CCC)CC(=O)Nc1cccc(OCCC(C)C)c1. The summed E-state index contributed by atoms with van der Waals surface area (Å²) in [5.41, 5.74) is 0.796. The first-order valence-corrected chi connectivity index (χ1v) is 8.80. The largest absolute Gasteiger partial charge is 0.494 e. The summed E-state index contributed by atoms with van der Waals surface area (Å²) in [6.45, 7) is 11.7. The smallest absolute Gasteiger partial charge is 0.238 e. The van der Waals surface area contributed by atoms with Gasteiger partial charge in [0.2, 0.25) is 5.91 Å². The molecule has 0 unspecified atom stereocenters. The lowest BCUT2D eigenvalue weighted by atomic mass is 10.1. The van der Waals surface area contributed by atoms with Crippen LogP contribution in [0.1, 0.15) is 47.0 Å². The Morgan fingerprint density at radius 1 is 1.22 bits per heavy atom. The molecule has 1 rings (SSSR count). The van der Waals surface area contributed by atoms with Gasteiger partial charge >= 0.3 is 0 Å². The molecule has 0 aliphatic heterocycles. The molecule has 1 aromatic rings.